The van der Waals surface area contributed by atoms with E-state index in [1.54, 1.807) is 11.3 Å². The molecule has 1 saturated carbocycles. The molecule has 5 nitrogen and oxygen atoms in total. The Morgan fingerprint density at radius 2 is 2.22 bits per heavy atom. The Bertz CT molecular complexity index is 587. The van der Waals surface area contributed by atoms with Gasteiger partial charge in [-0.1, -0.05) is 6.92 Å². The molecule has 96 valence electrons. The molecule has 1 aliphatic carbocycles. The number of hydrazine groups is 1. The molecule has 6 heteroatoms. The SMILES string of the molecule is Cc1cc2c(NCC3(C)CC3)nc(NN)nc2s1. The second kappa shape index (κ2) is 4.07. The number of nitrogens with two attached hydrogens (primary N) is 1. The van der Waals surface area contributed by atoms with E-state index >= 15 is 0 Å². The summed E-state index contributed by atoms with van der Waals surface area (Å²) in [6.07, 6.45) is 2.58. The monoisotopic (exact) mass is 263 g/mol. The Balaban J connectivity index is 1.96. The van der Waals surface area contributed by atoms with Crippen LogP contribution < -0.4 is 16.6 Å². The number of nitrogens with one attached hydrogen (secondary N) is 2. The molecule has 1 aliphatic rings. The lowest BCUT2D eigenvalue weighted by molar-refractivity contribution is 0.610. The van der Waals surface area contributed by atoms with Crippen LogP contribution in [-0.2, 0) is 0 Å². The zero-order valence-corrected chi connectivity index (χ0v) is 11.4. The summed E-state index contributed by atoms with van der Waals surface area (Å²) in [6, 6.07) is 2.12. The van der Waals surface area contributed by atoms with Crippen molar-refractivity contribution in [3.05, 3.63) is 10.9 Å². The number of nitrogen functional groups attached to an aromatic ring is 1. The lowest BCUT2D eigenvalue weighted by Gasteiger charge is -2.12. The summed E-state index contributed by atoms with van der Waals surface area (Å²) in [5.41, 5.74) is 2.97. The minimum atomic E-state index is 0.443. The molecule has 0 amide bonds. The molecule has 2 aromatic rings. The number of hydrogen-bond acceptors (Lipinski definition) is 6. The normalized spacial score (nSPS) is 16.8. The van der Waals surface area contributed by atoms with Crippen molar-refractivity contribution in [3.8, 4) is 0 Å². The summed E-state index contributed by atoms with van der Waals surface area (Å²) in [6.45, 7) is 5.32. The van der Waals surface area contributed by atoms with E-state index in [0.717, 1.165) is 22.6 Å². The van der Waals surface area contributed by atoms with E-state index in [1.165, 1.54) is 17.7 Å². The predicted molar refractivity (Wildman–Crippen MR) is 75.8 cm³/mol. The predicted octanol–water partition coefficient (Wildman–Crippen LogP) is 2.50. The van der Waals surface area contributed by atoms with Crippen molar-refractivity contribution in [2.75, 3.05) is 17.3 Å². The quantitative estimate of drug-likeness (QED) is 0.583. The Hall–Kier alpha value is -1.40. The summed E-state index contributed by atoms with van der Waals surface area (Å²) < 4.78 is 0. The van der Waals surface area contributed by atoms with Crippen LogP contribution in [0.3, 0.4) is 0 Å². The maximum absolute atomic E-state index is 5.41. The van der Waals surface area contributed by atoms with Crippen LogP contribution in [-0.4, -0.2) is 16.5 Å². The summed E-state index contributed by atoms with van der Waals surface area (Å²) in [7, 11) is 0. The molecule has 0 unspecified atom stereocenters. The van der Waals surface area contributed by atoms with Crippen LogP contribution in [0.4, 0.5) is 11.8 Å². The van der Waals surface area contributed by atoms with Crippen molar-refractivity contribution in [2.24, 2.45) is 11.3 Å². The third kappa shape index (κ3) is 2.13. The van der Waals surface area contributed by atoms with Crippen molar-refractivity contribution < 1.29 is 0 Å². The van der Waals surface area contributed by atoms with Crippen molar-refractivity contribution in [3.63, 3.8) is 0 Å². The van der Waals surface area contributed by atoms with E-state index in [-0.39, 0.29) is 0 Å². The van der Waals surface area contributed by atoms with Gasteiger partial charge in [-0.25, -0.2) is 10.8 Å². The first-order chi connectivity index (χ1) is 8.59. The molecule has 0 atom stereocenters. The molecule has 18 heavy (non-hydrogen) atoms. The highest BCUT2D eigenvalue weighted by molar-refractivity contribution is 7.18. The van der Waals surface area contributed by atoms with Gasteiger partial charge >= 0.3 is 0 Å². The second-order valence-corrected chi connectivity index (χ2v) is 6.52. The van der Waals surface area contributed by atoms with Crippen LogP contribution in [0.1, 0.15) is 24.6 Å². The van der Waals surface area contributed by atoms with Crippen LogP contribution in [0.25, 0.3) is 10.2 Å². The van der Waals surface area contributed by atoms with Gasteiger partial charge in [0.25, 0.3) is 0 Å². The standard InChI is InChI=1S/C12H17N5S/c1-7-5-8-9(14-6-12(2)3-4-12)15-11(17-13)16-10(8)18-7/h5H,3-4,6,13H2,1-2H3,(H2,14,15,16,17). The maximum atomic E-state index is 5.41. The maximum Gasteiger partial charge on any atom is 0.240 e. The van der Waals surface area contributed by atoms with Crippen LogP contribution in [0.5, 0.6) is 0 Å². The first-order valence-electron chi connectivity index (χ1n) is 6.08. The molecule has 1 fully saturated rings. The molecular formula is C12H17N5S. The Morgan fingerprint density at radius 1 is 1.44 bits per heavy atom. The van der Waals surface area contributed by atoms with Gasteiger partial charge in [0.15, 0.2) is 0 Å². The number of aryl methyl sites for hydroxylation is 1. The average Bonchev–Trinajstić information content (AvgIpc) is 2.96. The van der Waals surface area contributed by atoms with E-state index in [0.29, 0.717) is 11.4 Å². The smallest absolute Gasteiger partial charge is 0.240 e. The minimum absolute atomic E-state index is 0.443. The fourth-order valence-corrected chi connectivity index (χ4v) is 2.81. The largest absolute Gasteiger partial charge is 0.369 e. The van der Waals surface area contributed by atoms with Gasteiger partial charge in [-0.3, -0.25) is 5.43 Å². The third-order valence-electron chi connectivity index (χ3n) is 3.43. The van der Waals surface area contributed by atoms with Crippen LogP contribution in [0.15, 0.2) is 6.07 Å². The van der Waals surface area contributed by atoms with E-state index in [2.05, 4.69) is 40.6 Å². The molecule has 4 N–H and O–H groups in total. The van der Waals surface area contributed by atoms with Gasteiger partial charge in [-0.15, -0.1) is 11.3 Å². The molecule has 0 saturated heterocycles. The zero-order valence-electron chi connectivity index (χ0n) is 10.6. The molecule has 0 bridgehead atoms. The highest BCUT2D eigenvalue weighted by Crippen LogP contribution is 2.45. The Labute approximate surface area is 110 Å². The molecule has 0 aromatic carbocycles. The van der Waals surface area contributed by atoms with Gasteiger partial charge in [0.05, 0.1) is 5.39 Å². The van der Waals surface area contributed by atoms with Gasteiger partial charge in [0, 0.05) is 11.4 Å². The number of fused-ring (bicyclic) bond motifs is 1. The van der Waals surface area contributed by atoms with Gasteiger partial charge in [0.1, 0.15) is 10.6 Å². The first kappa shape index (κ1) is 11.7. The van der Waals surface area contributed by atoms with Crippen molar-refractivity contribution in [2.45, 2.75) is 26.7 Å². The van der Waals surface area contributed by atoms with E-state index in [4.69, 9.17) is 5.84 Å². The van der Waals surface area contributed by atoms with Gasteiger partial charge in [-0.05, 0) is 31.2 Å². The molecule has 0 spiro atoms. The summed E-state index contributed by atoms with van der Waals surface area (Å²) >= 11 is 1.66. The van der Waals surface area contributed by atoms with Crippen LogP contribution in [0.2, 0.25) is 0 Å². The van der Waals surface area contributed by atoms with E-state index in [1.807, 2.05) is 0 Å². The Morgan fingerprint density at radius 3 is 2.89 bits per heavy atom. The van der Waals surface area contributed by atoms with Gasteiger partial charge in [0.2, 0.25) is 5.95 Å². The lowest BCUT2D eigenvalue weighted by atomic mass is 10.1. The van der Waals surface area contributed by atoms with Crippen LogP contribution in [0, 0.1) is 12.3 Å². The molecule has 0 radical (unpaired) electrons. The minimum Gasteiger partial charge on any atom is -0.369 e. The average molecular weight is 263 g/mol. The molecule has 3 rings (SSSR count). The topological polar surface area (TPSA) is 75.9 Å². The van der Waals surface area contributed by atoms with Gasteiger partial charge < -0.3 is 5.32 Å². The third-order valence-corrected chi connectivity index (χ3v) is 4.38. The fourth-order valence-electron chi connectivity index (χ4n) is 1.93. The fraction of sp³-hybridized carbons (Fsp3) is 0.500. The zero-order chi connectivity index (χ0) is 12.8. The number of nitrogens with zero attached hydrogens (tertiary/aromatic N) is 2. The molecule has 2 aromatic heterocycles. The van der Waals surface area contributed by atoms with Gasteiger partial charge in [-0.2, -0.15) is 4.98 Å². The van der Waals surface area contributed by atoms with Crippen LogP contribution >= 0.6 is 11.3 Å². The van der Waals surface area contributed by atoms with Crippen molar-refractivity contribution in [1.82, 2.24) is 9.97 Å². The number of hydrogen-bond donors (Lipinski definition) is 3. The highest BCUT2D eigenvalue weighted by atomic mass is 32.1. The number of anilines is 2. The number of thiophene rings is 1. The molecule has 0 aliphatic heterocycles. The lowest BCUT2D eigenvalue weighted by Crippen LogP contribution is -2.15. The number of rotatable bonds is 4. The summed E-state index contributed by atoms with van der Waals surface area (Å²) in [4.78, 5) is 11.0. The van der Waals surface area contributed by atoms with Crippen molar-refractivity contribution >= 4 is 33.3 Å². The van der Waals surface area contributed by atoms with E-state index in [9.17, 15) is 0 Å². The summed E-state index contributed by atoms with van der Waals surface area (Å²) in [5, 5.41) is 4.52. The highest BCUT2D eigenvalue weighted by Gasteiger charge is 2.37. The Kier molecular flexibility index (Phi) is 2.64. The summed E-state index contributed by atoms with van der Waals surface area (Å²) in [5.74, 6) is 6.76. The number of aromatic nitrogens is 2. The van der Waals surface area contributed by atoms with Crippen molar-refractivity contribution in [1.29, 1.82) is 0 Å². The first-order valence-corrected chi connectivity index (χ1v) is 6.90. The second-order valence-electron chi connectivity index (χ2n) is 5.28. The molecule has 2 heterocycles. The van der Waals surface area contributed by atoms with E-state index < -0.39 is 0 Å². The molecular weight excluding hydrogens is 246 g/mol.